The van der Waals surface area contributed by atoms with Gasteiger partial charge in [0.15, 0.2) is 0 Å². The van der Waals surface area contributed by atoms with E-state index in [0.717, 1.165) is 0 Å². The van der Waals surface area contributed by atoms with Crippen LogP contribution in [-0.2, 0) is 4.79 Å². The third-order valence-corrected chi connectivity index (χ3v) is 2.63. The highest BCUT2D eigenvalue weighted by Gasteiger charge is 2.22. The lowest BCUT2D eigenvalue weighted by molar-refractivity contribution is -0.141. The van der Waals surface area contributed by atoms with Crippen LogP contribution in [0.2, 0.25) is 0 Å². The van der Waals surface area contributed by atoms with Crippen LogP contribution in [0.15, 0.2) is 18.2 Å². The van der Waals surface area contributed by atoms with Crippen LogP contribution in [0.3, 0.4) is 0 Å². The van der Waals surface area contributed by atoms with Crippen LogP contribution in [0, 0.1) is 11.7 Å². The minimum Gasteiger partial charge on any atom is -0.496 e. The Balaban J connectivity index is 2.95. The van der Waals surface area contributed by atoms with Crippen LogP contribution in [0.25, 0.3) is 0 Å². The molecule has 2 atom stereocenters. The zero-order valence-corrected chi connectivity index (χ0v) is 9.81. The topological polar surface area (TPSA) is 72.5 Å². The summed E-state index contributed by atoms with van der Waals surface area (Å²) >= 11 is 0. The maximum absolute atomic E-state index is 13.6. The summed E-state index contributed by atoms with van der Waals surface area (Å²) in [4.78, 5) is 10.7. The second-order valence-electron chi connectivity index (χ2n) is 3.94. The van der Waals surface area contributed by atoms with Gasteiger partial charge in [-0.15, -0.1) is 0 Å². The number of nitrogens with two attached hydrogens (primary N) is 1. The molecule has 0 aromatic heterocycles. The van der Waals surface area contributed by atoms with Gasteiger partial charge in [0.2, 0.25) is 0 Å². The lowest BCUT2D eigenvalue weighted by Gasteiger charge is -2.18. The van der Waals surface area contributed by atoms with Crippen LogP contribution in [0.5, 0.6) is 5.75 Å². The number of halogens is 1. The van der Waals surface area contributed by atoms with E-state index >= 15 is 0 Å². The molecule has 0 saturated carbocycles. The summed E-state index contributed by atoms with van der Waals surface area (Å²) in [6.07, 6.45) is 0.159. The fraction of sp³-hybridized carbons (Fsp3) is 0.417. The van der Waals surface area contributed by atoms with Gasteiger partial charge >= 0.3 is 5.97 Å². The number of rotatable bonds is 5. The van der Waals surface area contributed by atoms with E-state index in [-0.39, 0.29) is 12.0 Å². The number of carboxylic acid groups (broad SMARTS) is 1. The molecule has 0 amide bonds. The first-order chi connectivity index (χ1) is 7.97. The van der Waals surface area contributed by atoms with Crippen molar-refractivity contribution in [3.63, 3.8) is 0 Å². The van der Waals surface area contributed by atoms with Crippen molar-refractivity contribution < 1.29 is 19.0 Å². The average Bonchev–Trinajstić information content (AvgIpc) is 2.27. The minimum atomic E-state index is -0.948. The summed E-state index contributed by atoms with van der Waals surface area (Å²) in [7, 11) is 1.42. The Morgan fingerprint density at radius 3 is 2.76 bits per heavy atom. The maximum atomic E-state index is 13.6. The van der Waals surface area contributed by atoms with E-state index in [9.17, 15) is 9.18 Å². The molecule has 5 heteroatoms. The Kier molecular flexibility index (Phi) is 4.45. The molecule has 0 aliphatic carbocycles. The molecule has 0 fully saturated rings. The summed E-state index contributed by atoms with van der Waals surface area (Å²) in [5, 5.41) is 8.79. The van der Waals surface area contributed by atoms with Crippen LogP contribution in [-0.4, -0.2) is 18.2 Å². The van der Waals surface area contributed by atoms with Gasteiger partial charge in [-0.3, -0.25) is 4.79 Å². The van der Waals surface area contributed by atoms with Crippen molar-refractivity contribution in [2.24, 2.45) is 11.7 Å². The summed E-state index contributed by atoms with van der Waals surface area (Å²) in [5.74, 6) is -1.71. The number of carboxylic acids is 1. The molecule has 1 rings (SSSR count). The molecule has 0 radical (unpaired) electrons. The Bertz CT molecular complexity index is 409. The summed E-state index contributed by atoms with van der Waals surface area (Å²) in [5.41, 5.74) is 6.05. The molecule has 0 spiro atoms. The third kappa shape index (κ3) is 3.17. The number of benzene rings is 1. The summed E-state index contributed by atoms with van der Waals surface area (Å²) in [6.45, 7) is 1.54. The number of methoxy groups -OCH3 is 1. The van der Waals surface area contributed by atoms with Crippen molar-refractivity contribution in [1.29, 1.82) is 0 Å². The van der Waals surface area contributed by atoms with E-state index < -0.39 is 23.7 Å². The van der Waals surface area contributed by atoms with Crippen molar-refractivity contribution in [1.82, 2.24) is 0 Å². The first-order valence-corrected chi connectivity index (χ1v) is 5.28. The Labute approximate surface area is 99.2 Å². The Morgan fingerprint density at radius 2 is 2.24 bits per heavy atom. The number of hydrogen-bond acceptors (Lipinski definition) is 3. The van der Waals surface area contributed by atoms with Crippen LogP contribution in [0.1, 0.15) is 24.9 Å². The molecule has 4 nitrogen and oxygen atoms in total. The molecule has 0 heterocycles. The molecule has 3 N–H and O–H groups in total. The number of hydrogen-bond donors (Lipinski definition) is 2. The van der Waals surface area contributed by atoms with Crippen molar-refractivity contribution >= 4 is 5.97 Å². The van der Waals surface area contributed by atoms with E-state index in [1.165, 1.54) is 26.2 Å². The van der Waals surface area contributed by atoms with E-state index in [1.807, 2.05) is 0 Å². The van der Waals surface area contributed by atoms with Crippen LogP contribution < -0.4 is 10.5 Å². The van der Waals surface area contributed by atoms with Crippen molar-refractivity contribution in [2.45, 2.75) is 19.4 Å². The standard InChI is InChI=1S/C12H16FNO3/c1-7(12(15)16)6-9(14)11-8(13)4-3-5-10(11)17-2/h3-5,7,9H,6,14H2,1-2H3,(H,15,16). The molecule has 0 aliphatic heterocycles. The second-order valence-corrected chi connectivity index (χ2v) is 3.94. The Hall–Kier alpha value is -1.62. The number of carbonyl (C=O) groups is 1. The molecule has 0 bridgehead atoms. The van der Waals surface area contributed by atoms with Crippen LogP contribution >= 0.6 is 0 Å². The normalized spacial score (nSPS) is 14.1. The molecule has 1 aromatic rings. The molecular formula is C12H16FNO3. The second kappa shape index (κ2) is 5.63. The number of aliphatic carboxylic acids is 1. The van der Waals surface area contributed by atoms with Gasteiger partial charge in [0.1, 0.15) is 11.6 Å². The van der Waals surface area contributed by atoms with E-state index in [0.29, 0.717) is 5.75 Å². The van der Waals surface area contributed by atoms with Crippen LogP contribution in [0.4, 0.5) is 4.39 Å². The van der Waals surface area contributed by atoms with E-state index in [1.54, 1.807) is 6.07 Å². The van der Waals surface area contributed by atoms with Gasteiger partial charge in [-0.25, -0.2) is 4.39 Å². The molecule has 17 heavy (non-hydrogen) atoms. The van der Waals surface area contributed by atoms with Crippen molar-refractivity contribution in [3.05, 3.63) is 29.6 Å². The largest absolute Gasteiger partial charge is 0.496 e. The molecule has 1 aromatic carbocycles. The maximum Gasteiger partial charge on any atom is 0.306 e. The fourth-order valence-electron chi connectivity index (χ4n) is 1.65. The van der Waals surface area contributed by atoms with Gasteiger partial charge in [-0.05, 0) is 18.6 Å². The van der Waals surface area contributed by atoms with Crippen molar-refractivity contribution in [3.8, 4) is 5.75 Å². The summed E-state index contributed by atoms with van der Waals surface area (Å²) < 4.78 is 18.7. The molecule has 2 unspecified atom stereocenters. The zero-order valence-electron chi connectivity index (χ0n) is 9.81. The third-order valence-electron chi connectivity index (χ3n) is 2.63. The molecule has 94 valence electrons. The average molecular weight is 241 g/mol. The highest BCUT2D eigenvalue weighted by Crippen LogP contribution is 2.30. The lowest BCUT2D eigenvalue weighted by Crippen LogP contribution is -2.20. The number of ether oxygens (including phenoxy) is 1. The SMILES string of the molecule is COc1cccc(F)c1C(N)CC(C)C(=O)O. The summed E-state index contributed by atoms with van der Waals surface area (Å²) in [6, 6.07) is 3.70. The van der Waals surface area contributed by atoms with Gasteiger partial charge in [-0.1, -0.05) is 13.0 Å². The predicted molar refractivity (Wildman–Crippen MR) is 61.3 cm³/mol. The van der Waals surface area contributed by atoms with E-state index in [2.05, 4.69) is 0 Å². The van der Waals surface area contributed by atoms with Gasteiger partial charge in [0.25, 0.3) is 0 Å². The monoisotopic (exact) mass is 241 g/mol. The van der Waals surface area contributed by atoms with Gasteiger partial charge in [0, 0.05) is 11.6 Å². The quantitative estimate of drug-likeness (QED) is 0.826. The Morgan fingerprint density at radius 1 is 1.59 bits per heavy atom. The highest BCUT2D eigenvalue weighted by atomic mass is 19.1. The molecular weight excluding hydrogens is 225 g/mol. The predicted octanol–water partition coefficient (Wildman–Crippen LogP) is 1.94. The minimum absolute atomic E-state index is 0.159. The molecule has 0 aliphatic rings. The van der Waals surface area contributed by atoms with Gasteiger partial charge in [0.05, 0.1) is 13.0 Å². The highest BCUT2D eigenvalue weighted by molar-refractivity contribution is 5.69. The zero-order chi connectivity index (χ0) is 13.0. The van der Waals surface area contributed by atoms with E-state index in [4.69, 9.17) is 15.6 Å². The van der Waals surface area contributed by atoms with Gasteiger partial charge in [-0.2, -0.15) is 0 Å². The van der Waals surface area contributed by atoms with Crippen molar-refractivity contribution in [2.75, 3.05) is 7.11 Å². The molecule has 0 saturated heterocycles. The first kappa shape index (κ1) is 13.4. The first-order valence-electron chi connectivity index (χ1n) is 5.28. The van der Waals surface area contributed by atoms with Gasteiger partial charge < -0.3 is 15.6 Å². The smallest absolute Gasteiger partial charge is 0.306 e. The fourth-order valence-corrected chi connectivity index (χ4v) is 1.65. The lowest BCUT2D eigenvalue weighted by atomic mass is 9.95.